The van der Waals surface area contributed by atoms with Gasteiger partial charge in [-0.15, -0.1) is 6.58 Å². The van der Waals surface area contributed by atoms with Crippen molar-refractivity contribution in [2.75, 3.05) is 0 Å². The van der Waals surface area contributed by atoms with Gasteiger partial charge in [0.15, 0.2) is 0 Å². The van der Waals surface area contributed by atoms with Gasteiger partial charge in [-0.1, -0.05) is 47.1 Å². The first-order chi connectivity index (χ1) is 12.4. The Hall–Kier alpha value is -1.32. The van der Waals surface area contributed by atoms with E-state index < -0.39 is 11.0 Å². The fourth-order valence-electron chi connectivity index (χ4n) is 4.50. The molecule has 27 heavy (non-hydrogen) atoms. The number of carbonyl (C=O) groups is 2. The summed E-state index contributed by atoms with van der Waals surface area (Å²) in [5, 5.41) is 0. The molecule has 0 aromatic carbocycles. The van der Waals surface area contributed by atoms with Crippen LogP contribution in [0.2, 0.25) is 0 Å². The van der Waals surface area contributed by atoms with E-state index in [1.54, 1.807) is 6.08 Å². The molecular weight excluding hydrogens is 340 g/mol. The average molecular weight is 381 g/mol. The first kappa shape index (κ1) is 23.7. The van der Waals surface area contributed by atoms with Gasteiger partial charge in [0.25, 0.3) is 0 Å². The fraction of sp³-hybridized carbons (Fsp3) is 0.826. The summed E-state index contributed by atoms with van der Waals surface area (Å²) in [4.78, 5) is 26.1. The van der Waals surface area contributed by atoms with Gasteiger partial charge in [0.2, 0.25) is 0 Å². The standard InChI is InChI=1S/C23H40O4/c1-10-13-23(21(25)27-22(7,8)9)14-11-12-18(23)17(6)20(24)26-19(15(2)3)16(4)5/h10,15-19H,1,11-14H2,2-9H3/t17-,18-,23-/m0/s1. The smallest absolute Gasteiger partial charge is 0.313 e. The molecule has 156 valence electrons. The molecule has 0 saturated heterocycles. The Kier molecular flexibility index (Phi) is 8.13. The lowest BCUT2D eigenvalue weighted by Gasteiger charge is -2.38. The lowest BCUT2D eigenvalue weighted by molar-refractivity contribution is -0.174. The largest absolute Gasteiger partial charge is 0.462 e. The molecule has 4 heteroatoms. The maximum absolute atomic E-state index is 13.1. The van der Waals surface area contributed by atoms with Gasteiger partial charge in [-0.05, 0) is 57.8 Å². The highest BCUT2D eigenvalue weighted by atomic mass is 16.6. The van der Waals surface area contributed by atoms with Crippen molar-refractivity contribution >= 4 is 11.9 Å². The fourth-order valence-corrected chi connectivity index (χ4v) is 4.50. The summed E-state index contributed by atoms with van der Waals surface area (Å²) in [6.45, 7) is 19.7. The number of carbonyl (C=O) groups excluding carboxylic acids is 2. The van der Waals surface area contributed by atoms with Gasteiger partial charge in [0.05, 0.1) is 11.3 Å². The zero-order valence-corrected chi connectivity index (χ0v) is 18.6. The predicted octanol–water partition coefficient (Wildman–Crippen LogP) is 5.55. The van der Waals surface area contributed by atoms with Crippen molar-refractivity contribution in [2.45, 2.75) is 92.8 Å². The molecule has 1 rings (SSSR count). The van der Waals surface area contributed by atoms with Gasteiger partial charge >= 0.3 is 11.9 Å². The predicted molar refractivity (Wildman–Crippen MR) is 109 cm³/mol. The average Bonchev–Trinajstić information content (AvgIpc) is 2.94. The first-order valence-corrected chi connectivity index (χ1v) is 10.4. The van der Waals surface area contributed by atoms with E-state index >= 15 is 0 Å². The monoisotopic (exact) mass is 380 g/mol. The molecule has 1 aliphatic carbocycles. The maximum Gasteiger partial charge on any atom is 0.313 e. The number of hydrogen-bond acceptors (Lipinski definition) is 4. The lowest BCUT2D eigenvalue weighted by Crippen LogP contribution is -2.44. The van der Waals surface area contributed by atoms with Gasteiger partial charge in [-0.25, -0.2) is 0 Å². The zero-order chi connectivity index (χ0) is 21.0. The van der Waals surface area contributed by atoms with Gasteiger partial charge in [-0.2, -0.15) is 0 Å². The molecule has 0 radical (unpaired) electrons. The minimum atomic E-state index is -0.682. The van der Waals surface area contributed by atoms with Crippen molar-refractivity contribution < 1.29 is 19.1 Å². The Bertz CT molecular complexity index is 521. The van der Waals surface area contributed by atoms with E-state index in [1.165, 1.54) is 0 Å². The highest BCUT2D eigenvalue weighted by molar-refractivity contribution is 5.81. The molecule has 0 aromatic heterocycles. The second-order valence-corrected chi connectivity index (χ2v) is 9.83. The Morgan fingerprint density at radius 1 is 1.15 bits per heavy atom. The molecule has 0 aliphatic heterocycles. The van der Waals surface area contributed by atoms with E-state index in [0.29, 0.717) is 6.42 Å². The van der Waals surface area contributed by atoms with Crippen molar-refractivity contribution in [3.63, 3.8) is 0 Å². The van der Waals surface area contributed by atoms with Crippen molar-refractivity contribution in [3.05, 3.63) is 12.7 Å². The van der Waals surface area contributed by atoms with E-state index in [2.05, 4.69) is 34.3 Å². The maximum atomic E-state index is 13.1. The summed E-state index contributed by atoms with van der Waals surface area (Å²) in [6.07, 6.45) is 4.67. The SMILES string of the molecule is C=CC[C@]1(C(=O)OC(C)(C)C)CCC[C@H]1[C@H](C)C(=O)OC(C(C)C)C(C)C. The van der Waals surface area contributed by atoms with Crippen LogP contribution in [0.5, 0.6) is 0 Å². The quantitative estimate of drug-likeness (QED) is 0.409. The molecule has 0 bridgehead atoms. The van der Waals surface area contributed by atoms with Crippen LogP contribution in [0.1, 0.15) is 81.1 Å². The minimum Gasteiger partial charge on any atom is -0.462 e. The topological polar surface area (TPSA) is 52.6 Å². The van der Waals surface area contributed by atoms with Crippen molar-refractivity contribution in [2.24, 2.45) is 29.1 Å². The molecule has 0 unspecified atom stereocenters. The molecule has 1 saturated carbocycles. The molecule has 0 aromatic rings. The molecule has 0 heterocycles. The van der Waals surface area contributed by atoms with Crippen molar-refractivity contribution in [1.29, 1.82) is 0 Å². The number of rotatable bonds is 8. The van der Waals surface area contributed by atoms with Crippen LogP contribution in [0, 0.1) is 29.1 Å². The van der Waals surface area contributed by atoms with Crippen molar-refractivity contribution in [1.82, 2.24) is 0 Å². The summed E-state index contributed by atoms with van der Waals surface area (Å²) in [6, 6.07) is 0. The van der Waals surface area contributed by atoms with Gasteiger partial charge in [-0.3, -0.25) is 9.59 Å². The third kappa shape index (κ3) is 5.83. The van der Waals surface area contributed by atoms with E-state index in [0.717, 1.165) is 19.3 Å². The zero-order valence-electron chi connectivity index (χ0n) is 18.6. The number of hydrogen-bond donors (Lipinski definition) is 0. The van der Waals surface area contributed by atoms with Gasteiger partial charge in [0, 0.05) is 0 Å². The highest BCUT2D eigenvalue weighted by Gasteiger charge is 2.53. The van der Waals surface area contributed by atoms with Crippen LogP contribution in [0.15, 0.2) is 12.7 Å². The van der Waals surface area contributed by atoms with E-state index in [4.69, 9.17) is 9.47 Å². The first-order valence-electron chi connectivity index (χ1n) is 10.4. The Labute approximate surface area is 166 Å². The molecule has 0 amide bonds. The van der Waals surface area contributed by atoms with Crippen LogP contribution < -0.4 is 0 Å². The van der Waals surface area contributed by atoms with Gasteiger partial charge < -0.3 is 9.47 Å². The molecule has 1 fully saturated rings. The third-order valence-corrected chi connectivity index (χ3v) is 5.70. The molecule has 3 atom stereocenters. The second-order valence-electron chi connectivity index (χ2n) is 9.83. The summed E-state index contributed by atoms with van der Waals surface area (Å²) in [7, 11) is 0. The summed E-state index contributed by atoms with van der Waals surface area (Å²) in [5.41, 5.74) is -1.23. The Balaban J connectivity index is 3.07. The van der Waals surface area contributed by atoms with Crippen LogP contribution in [0.3, 0.4) is 0 Å². The van der Waals surface area contributed by atoms with Crippen LogP contribution in [0.25, 0.3) is 0 Å². The number of esters is 2. The van der Waals surface area contributed by atoms with Crippen LogP contribution in [-0.2, 0) is 19.1 Å². The van der Waals surface area contributed by atoms with Gasteiger partial charge in [0.1, 0.15) is 11.7 Å². The normalized spacial score (nSPS) is 24.3. The van der Waals surface area contributed by atoms with E-state index in [-0.39, 0.29) is 41.7 Å². The number of allylic oxidation sites excluding steroid dienone is 1. The van der Waals surface area contributed by atoms with Crippen LogP contribution in [-0.4, -0.2) is 23.6 Å². The number of ether oxygens (including phenoxy) is 2. The molecule has 4 nitrogen and oxygen atoms in total. The Morgan fingerprint density at radius 2 is 1.70 bits per heavy atom. The summed E-state index contributed by atoms with van der Waals surface area (Å²) < 4.78 is 11.6. The van der Waals surface area contributed by atoms with Crippen LogP contribution >= 0.6 is 0 Å². The molecule has 0 N–H and O–H groups in total. The van der Waals surface area contributed by atoms with Crippen molar-refractivity contribution in [3.8, 4) is 0 Å². The van der Waals surface area contributed by atoms with E-state index in [9.17, 15) is 9.59 Å². The summed E-state index contributed by atoms with van der Waals surface area (Å²) >= 11 is 0. The third-order valence-electron chi connectivity index (χ3n) is 5.70. The molecule has 1 aliphatic rings. The minimum absolute atomic E-state index is 0.0853. The molecular formula is C23H40O4. The second kappa shape index (κ2) is 9.25. The van der Waals surface area contributed by atoms with E-state index in [1.807, 2.05) is 27.7 Å². The lowest BCUT2D eigenvalue weighted by atomic mass is 9.69. The highest BCUT2D eigenvalue weighted by Crippen LogP contribution is 2.51. The summed E-state index contributed by atoms with van der Waals surface area (Å²) in [5.74, 6) is -0.326. The Morgan fingerprint density at radius 3 is 2.15 bits per heavy atom. The molecule has 0 spiro atoms. The van der Waals surface area contributed by atoms with Crippen LogP contribution in [0.4, 0.5) is 0 Å².